The molecule has 112 valence electrons. The van der Waals surface area contributed by atoms with Crippen LogP contribution in [0.1, 0.15) is 45.3 Å². The van der Waals surface area contributed by atoms with Gasteiger partial charge in [0.1, 0.15) is 5.75 Å². The average molecular weight is 277 g/mol. The van der Waals surface area contributed by atoms with E-state index >= 15 is 0 Å². The van der Waals surface area contributed by atoms with Gasteiger partial charge in [-0.1, -0.05) is 19.1 Å². The third-order valence-corrected chi connectivity index (χ3v) is 3.63. The molecule has 1 aromatic rings. The van der Waals surface area contributed by atoms with Crippen molar-refractivity contribution in [2.24, 2.45) is 5.92 Å². The lowest BCUT2D eigenvalue weighted by Gasteiger charge is -2.20. The molecule has 1 saturated heterocycles. The highest BCUT2D eigenvalue weighted by Gasteiger charge is 2.29. The summed E-state index contributed by atoms with van der Waals surface area (Å²) in [6.07, 6.45) is 2.77. The van der Waals surface area contributed by atoms with E-state index in [4.69, 9.17) is 9.47 Å². The van der Waals surface area contributed by atoms with Gasteiger partial charge in [0.2, 0.25) is 0 Å². The lowest BCUT2D eigenvalue weighted by Crippen LogP contribution is -2.25. The molecule has 1 aliphatic heterocycles. The molecule has 2 rings (SSSR count). The van der Waals surface area contributed by atoms with Gasteiger partial charge in [-0.05, 0) is 50.9 Å². The van der Waals surface area contributed by atoms with Gasteiger partial charge in [0.05, 0.1) is 12.2 Å². The van der Waals surface area contributed by atoms with E-state index in [0.717, 1.165) is 31.9 Å². The number of hydrogen-bond donors (Lipinski definition) is 1. The molecule has 3 heteroatoms. The highest BCUT2D eigenvalue weighted by Crippen LogP contribution is 2.34. The van der Waals surface area contributed by atoms with Gasteiger partial charge < -0.3 is 14.8 Å². The predicted octanol–water partition coefficient (Wildman–Crippen LogP) is 3.55. The normalized spacial score (nSPS) is 22.4. The zero-order valence-corrected chi connectivity index (χ0v) is 12.9. The fraction of sp³-hybridized carbons (Fsp3) is 0.647. The van der Waals surface area contributed by atoms with Crippen LogP contribution in [0, 0.1) is 5.92 Å². The molecule has 3 nitrogen and oxygen atoms in total. The first-order chi connectivity index (χ1) is 9.70. The standard InChI is InChI=1S/C17H27NO2/c1-4-10-18-12-15-9-11-19-17(15)14-5-7-16(8-6-14)20-13(2)3/h5-8,13,15,17-18H,4,9-12H2,1-3H3. The Morgan fingerprint density at radius 3 is 2.70 bits per heavy atom. The summed E-state index contributed by atoms with van der Waals surface area (Å²) in [6.45, 7) is 9.29. The fourth-order valence-electron chi connectivity index (χ4n) is 2.68. The minimum absolute atomic E-state index is 0.217. The second kappa shape index (κ2) is 7.65. The van der Waals surface area contributed by atoms with E-state index in [2.05, 4.69) is 24.4 Å². The van der Waals surface area contributed by atoms with Gasteiger partial charge >= 0.3 is 0 Å². The van der Waals surface area contributed by atoms with E-state index in [1.54, 1.807) is 0 Å². The smallest absolute Gasteiger partial charge is 0.119 e. The van der Waals surface area contributed by atoms with Crippen molar-refractivity contribution in [3.8, 4) is 5.75 Å². The lowest BCUT2D eigenvalue weighted by atomic mass is 9.95. The van der Waals surface area contributed by atoms with E-state index in [1.807, 2.05) is 26.0 Å². The van der Waals surface area contributed by atoms with E-state index in [-0.39, 0.29) is 12.2 Å². The molecule has 1 aromatic carbocycles. The Morgan fingerprint density at radius 1 is 1.30 bits per heavy atom. The van der Waals surface area contributed by atoms with Crippen molar-refractivity contribution >= 4 is 0 Å². The minimum atomic E-state index is 0.217. The van der Waals surface area contributed by atoms with Crippen LogP contribution in [0.25, 0.3) is 0 Å². The van der Waals surface area contributed by atoms with Crippen molar-refractivity contribution in [3.05, 3.63) is 29.8 Å². The third-order valence-electron chi connectivity index (χ3n) is 3.63. The van der Waals surface area contributed by atoms with Gasteiger partial charge in [0, 0.05) is 19.1 Å². The highest BCUT2D eigenvalue weighted by atomic mass is 16.5. The van der Waals surface area contributed by atoms with Gasteiger partial charge in [-0.3, -0.25) is 0 Å². The Bertz CT molecular complexity index is 388. The first-order valence-electron chi connectivity index (χ1n) is 7.79. The molecule has 20 heavy (non-hydrogen) atoms. The Hall–Kier alpha value is -1.06. The first kappa shape index (κ1) is 15.3. The van der Waals surface area contributed by atoms with Crippen molar-refractivity contribution in [2.75, 3.05) is 19.7 Å². The van der Waals surface area contributed by atoms with Gasteiger partial charge in [-0.25, -0.2) is 0 Å². The molecule has 1 heterocycles. The topological polar surface area (TPSA) is 30.5 Å². The zero-order chi connectivity index (χ0) is 14.4. The largest absolute Gasteiger partial charge is 0.491 e. The molecule has 0 aromatic heterocycles. The van der Waals surface area contributed by atoms with Crippen molar-refractivity contribution in [1.82, 2.24) is 5.32 Å². The quantitative estimate of drug-likeness (QED) is 0.773. The molecule has 0 bridgehead atoms. The van der Waals surface area contributed by atoms with Crippen LogP contribution in [-0.4, -0.2) is 25.8 Å². The number of benzene rings is 1. The predicted molar refractivity (Wildman–Crippen MR) is 82.2 cm³/mol. The molecule has 0 aliphatic carbocycles. The Morgan fingerprint density at radius 2 is 2.05 bits per heavy atom. The Kier molecular flexibility index (Phi) is 5.86. The number of nitrogens with one attached hydrogen (secondary N) is 1. The molecule has 2 unspecified atom stereocenters. The van der Waals surface area contributed by atoms with Crippen LogP contribution in [0.3, 0.4) is 0 Å². The third kappa shape index (κ3) is 4.22. The summed E-state index contributed by atoms with van der Waals surface area (Å²) in [5, 5.41) is 3.51. The van der Waals surface area contributed by atoms with E-state index < -0.39 is 0 Å². The Balaban J connectivity index is 1.95. The van der Waals surface area contributed by atoms with Crippen LogP contribution in [0.4, 0.5) is 0 Å². The zero-order valence-electron chi connectivity index (χ0n) is 12.9. The summed E-state index contributed by atoms with van der Waals surface area (Å²) < 4.78 is 11.6. The molecule has 0 saturated carbocycles. The van der Waals surface area contributed by atoms with Crippen LogP contribution >= 0.6 is 0 Å². The molecule has 0 amide bonds. The summed E-state index contributed by atoms with van der Waals surface area (Å²) in [5.41, 5.74) is 1.27. The van der Waals surface area contributed by atoms with Gasteiger partial charge in [-0.2, -0.15) is 0 Å². The molecular weight excluding hydrogens is 250 g/mol. The first-order valence-corrected chi connectivity index (χ1v) is 7.79. The van der Waals surface area contributed by atoms with E-state index in [9.17, 15) is 0 Å². The summed E-state index contributed by atoms with van der Waals surface area (Å²) in [4.78, 5) is 0. The van der Waals surface area contributed by atoms with Crippen LogP contribution in [0.15, 0.2) is 24.3 Å². The van der Waals surface area contributed by atoms with Crippen LogP contribution in [0.2, 0.25) is 0 Å². The fourth-order valence-corrected chi connectivity index (χ4v) is 2.68. The SMILES string of the molecule is CCCNCC1CCOC1c1ccc(OC(C)C)cc1. The maximum Gasteiger partial charge on any atom is 0.119 e. The average Bonchev–Trinajstić information content (AvgIpc) is 2.88. The van der Waals surface area contributed by atoms with Crippen molar-refractivity contribution < 1.29 is 9.47 Å². The van der Waals surface area contributed by atoms with Crippen LogP contribution < -0.4 is 10.1 Å². The van der Waals surface area contributed by atoms with Crippen LogP contribution in [0.5, 0.6) is 5.75 Å². The van der Waals surface area contributed by atoms with Crippen molar-refractivity contribution in [1.29, 1.82) is 0 Å². The molecule has 1 fully saturated rings. The molecule has 0 spiro atoms. The molecule has 1 aliphatic rings. The summed E-state index contributed by atoms with van der Waals surface area (Å²) in [7, 11) is 0. The molecule has 2 atom stereocenters. The number of rotatable bonds is 7. The van der Waals surface area contributed by atoms with Crippen molar-refractivity contribution in [2.45, 2.75) is 45.8 Å². The monoisotopic (exact) mass is 277 g/mol. The molecule has 0 radical (unpaired) electrons. The van der Waals surface area contributed by atoms with E-state index in [0.29, 0.717) is 5.92 Å². The van der Waals surface area contributed by atoms with Gasteiger partial charge in [-0.15, -0.1) is 0 Å². The second-order valence-corrected chi connectivity index (χ2v) is 5.78. The maximum absolute atomic E-state index is 5.92. The van der Waals surface area contributed by atoms with Crippen molar-refractivity contribution in [3.63, 3.8) is 0 Å². The highest BCUT2D eigenvalue weighted by molar-refractivity contribution is 5.29. The maximum atomic E-state index is 5.92. The summed E-state index contributed by atoms with van der Waals surface area (Å²) >= 11 is 0. The number of ether oxygens (including phenoxy) is 2. The molecular formula is C17H27NO2. The van der Waals surface area contributed by atoms with Gasteiger partial charge in [0.25, 0.3) is 0 Å². The number of hydrogen-bond acceptors (Lipinski definition) is 3. The van der Waals surface area contributed by atoms with E-state index in [1.165, 1.54) is 12.0 Å². The lowest BCUT2D eigenvalue weighted by molar-refractivity contribution is 0.0905. The summed E-state index contributed by atoms with van der Waals surface area (Å²) in [5.74, 6) is 1.51. The minimum Gasteiger partial charge on any atom is -0.491 e. The second-order valence-electron chi connectivity index (χ2n) is 5.78. The van der Waals surface area contributed by atoms with Crippen LogP contribution in [-0.2, 0) is 4.74 Å². The Labute approximate surface area is 122 Å². The summed E-state index contributed by atoms with van der Waals surface area (Å²) in [6, 6.07) is 8.38. The van der Waals surface area contributed by atoms with Gasteiger partial charge in [0.15, 0.2) is 0 Å². The molecule has 1 N–H and O–H groups in total.